The SMILES string of the molecule is O=C(COC(=O)c1sc2ccccc2c1Cl)Nc1c(F)cccc1F. The highest BCUT2D eigenvalue weighted by atomic mass is 35.5. The van der Waals surface area contributed by atoms with Gasteiger partial charge in [0.25, 0.3) is 5.91 Å². The molecule has 1 N–H and O–H groups in total. The van der Waals surface area contributed by atoms with E-state index < -0.39 is 35.8 Å². The van der Waals surface area contributed by atoms with Crippen molar-refractivity contribution in [2.75, 3.05) is 11.9 Å². The van der Waals surface area contributed by atoms with E-state index in [1.807, 2.05) is 5.32 Å². The number of ether oxygens (including phenoxy) is 1. The third kappa shape index (κ3) is 3.62. The number of amides is 1. The molecule has 0 saturated carbocycles. The average molecular weight is 382 g/mol. The first-order chi connectivity index (χ1) is 12.0. The van der Waals surface area contributed by atoms with Gasteiger partial charge in [-0.25, -0.2) is 13.6 Å². The van der Waals surface area contributed by atoms with Crippen molar-refractivity contribution >= 4 is 50.6 Å². The van der Waals surface area contributed by atoms with E-state index >= 15 is 0 Å². The first kappa shape index (κ1) is 17.3. The van der Waals surface area contributed by atoms with Gasteiger partial charge in [-0.1, -0.05) is 35.9 Å². The van der Waals surface area contributed by atoms with Gasteiger partial charge in [0.2, 0.25) is 0 Å². The van der Waals surface area contributed by atoms with Gasteiger partial charge in [-0.15, -0.1) is 11.3 Å². The summed E-state index contributed by atoms with van der Waals surface area (Å²) in [5.74, 6) is -3.50. The minimum atomic E-state index is -0.924. The number of hydrogen-bond acceptors (Lipinski definition) is 4. The summed E-state index contributed by atoms with van der Waals surface area (Å²) in [5, 5.41) is 2.98. The smallest absolute Gasteiger partial charge is 0.350 e. The van der Waals surface area contributed by atoms with E-state index in [1.54, 1.807) is 24.3 Å². The molecule has 25 heavy (non-hydrogen) atoms. The maximum absolute atomic E-state index is 13.5. The zero-order chi connectivity index (χ0) is 18.0. The summed E-state index contributed by atoms with van der Waals surface area (Å²) in [6, 6.07) is 10.3. The standard InChI is InChI=1S/C17H10ClF2NO3S/c18-14-9-4-1-2-7-12(9)25-16(14)17(23)24-8-13(22)21-15-10(19)5-3-6-11(15)20/h1-7H,8H2,(H,21,22). The molecule has 0 aliphatic rings. The third-order valence-electron chi connectivity index (χ3n) is 3.28. The fourth-order valence-electron chi connectivity index (χ4n) is 2.13. The Morgan fingerprint density at radius 2 is 1.76 bits per heavy atom. The number of esters is 1. The number of fused-ring (bicyclic) bond motifs is 1. The van der Waals surface area contributed by atoms with Gasteiger partial charge in [-0.05, 0) is 18.2 Å². The first-order valence-electron chi connectivity index (χ1n) is 7.05. The Balaban J connectivity index is 1.67. The molecule has 0 bridgehead atoms. The zero-order valence-corrected chi connectivity index (χ0v) is 14.1. The van der Waals surface area contributed by atoms with E-state index in [-0.39, 0.29) is 9.90 Å². The molecule has 0 fully saturated rings. The highest BCUT2D eigenvalue weighted by Crippen LogP contribution is 2.35. The fraction of sp³-hybridized carbons (Fsp3) is 0.0588. The van der Waals surface area contributed by atoms with Gasteiger partial charge in [0, 0.05) is 10.1 Å². The average Bonchev–Trinajstić information content (AvgIpc) is 2.93. The predicted molar refractivity (Wildman–Crippen MR) is 92.1 cm³/mol. The van der Waals surface area contributed by atoms with Gasteiger partial charge in [-0.2, -0.15) is 0 Å². The second-order valence-electron chi connectivity index (χ2n) is 4.96. The van der Waals surface area contributed by atoms with Crippen molar-refractivity contribution in [3.63, 3.8) is 0 Å². The van der Waals surface area contributed by atoms with Crippen LogP contribution >= 0.6 is 22.9 Å². The lowest BCUT2D eigenvalue weighted by molar-refractivity contribution is -0.119. The summed E-state index contributed by atoms with van der Waals surface area (Å²) in [6.07, 6.45) is 0. The molecule has 0 aliphatic heterocycles. The summed E-state index contributed by atoms with van der Waals surface area (Å²) < 4.78 is 32.6. The van der Waals surface area contributed by atoms with E-state index in [0.717, 1.165) is 28.2 Å². The number of carbonyl (C=O) groups excluding carboxylic acids is 2. The Morgan fingerprint density at radius 1 is 1.08 bits per heavy atom. The molecule has 1 heterocycles. The molecule has 4 nitrogen and oxygen atoms in total. The van der Waals surface area contributed by atoms with Gasteiger partial charge in [0.1, 0.15) is 22.2 Å². The molecule has 0 saturated heterocycles. The highest BCUT2D eigenvalue weighted by molar-refractivity contribution is 7.21. The minimum absolute atomic E-state index is 0.160. The van der Waals surface area contributed by atoms with E-state index in [9.17, 15) is 18.4 Å². The van der Waals surface area contributed by atoms with Gasteiger partial charge in [0.15, 0.2) is 6.61 Å². The number of halogens is 3. The van der Waals surface area contributed by atoms with Crippen LogP contribution in [0, 0.1) is 11.6 Å². The van der Waals surface area contributed by atoms with E-state index in [2.05, 4.69) is 0 Å². The molecule has 0 radical (unpaired) electrons. The molecule has 8 heteroatoms. The monoisotopic (exact) mass is 381 g/mol. The second kappa shape index (κ2) is 7.16. The van der Waals surface area contributed by atoms with Crippen LogP contribution in [0.2, 0.25) is 5.02 Å². The Hall–Kier alpha value is -2.51. The Morgan fingerprint density at radius 3 is 2.44 bits per heavy atom. The number of nitrogens with one attached hydrogen (secondary N) is 1. The summed E-state index contributed by atoms with van der Waals surface area (Å²) in [6.45, 7) is -0.697. The molecule has 1 aromatic heterocycles. The maximum Gasteiger partial charge on any atom is 0.350 e. The Bertz CT molecular complexity index is 953. The summed E-state index contributed by atoms with van der Waals surface area (Å²) >= 11 is 7.28. The van der Waals surface area contributed by atoms with Crippen LogP contribution in [0.5, 0.6) is 0 Å². The third-order valence-corrected chi connectivity index (χ3v) is 4.94. The van der Waals surface area contributed by atoms with Crippen molar-refractivity contribution in [2.24, 2.45) is 0 Å². The van der Waals surface area contributed by atoms with Crippen LogP contribution in [0.4, 0.5) is 14.5 Å². The van der Waals surface area contributed by atoms with E-state index in [0.29, 0.717) is 5.39 Å². The van der Waals surface area contributed by atoms with Gasteiger partial charge in [0.05, 0.1) is 5.02 Å². The molecule has 128 valence electrons. The molecular weight excluding hydrogens is 372 g/mol. The van der Waals surface area contributed by atoms with Crippen LogP contribution in [-0.2, 0) is 9.53 Å². The lowest BCUT2D eigenvalue weighted by Crippen LogP contribution is -2.22. The van der Waals surface area contributed by atoms with Crippen LogP contribution in [0.3, 0.4) is 0 Å². The number of para-hydroxylation sites is 1. The molecule has 3 rings (SSSR count). The molecular formula is C17H10ClF2NO3S. The summed E-state index contributed by atoms with van der Waals surface area (Å²) in [7, 11) is 0. The highest BCUT2D eigenvalue weighted by Gasteiger charge is 2.20. The molecule has 3 aromatic rings. The van der Waals surface area contributed by atoms with Gasteiger partial charge >= 0.3 is 5.97 Å². The number of rotatable bonds is 4. The number of benzene rings is 2. The van der Waals surface area contributed by atoms with Crippen molar-refractivity contribution in [3.05, 3.63) is 64.0 Å². The quantitative estimate of drug-likeness (QED) is 0.670. The van der Waals surface area contributed by atoms with E-state index in [1.165, 1.54) is 6.07 Å². The van der Waals surface area contributed by atoms with Crippen LogP contribution in [0.15, 0.2) is 42.5 Å². The lowest BCUT2D eigenvalue weighted by Gasteiger charge is -2.07. The van der Waals surface area contributed by atoms with Crippen LogP contribution in [0.25, 0.3) is 10.1 Å². The van der Waals surface area contributed by atoms with Crippen LogP contribution in [-0.4, -0.2) is 18.5 Å². The van der Waals surface area contributed by atoms with Gasteiger partial charge < -0.3 is 10.1 Å². The molecule has 0 atom stereocenters. The number of anilines is 1. The zero-order valence-electron chi connectivity index (χ0n) is 12.5. The maximum atomic E-state index is 13.5. The second-order valence-corrected chi connectivity index (χ2v) is 6.39. The van der Waals surface area contributed by atoms with E-state index in [4.69, 9.17) is 16.3 Å². The molecule has 0 unspecified atom stereocenters. The molecule has 0 aliphatic carbocycles. The molecule has 2 aromatic carbocycles. The van der Waals surface area contributed by atoms with Crippen LogP contribution < -0.4 is 5.32 Å². The van der Waals surface area contributed by atoms with Crippen molar-refractivity contribution < 1.29 is 23.1 Å². The fourth-order valence-corrected chi connectivity index (χ4v) is 3.54. The summed E-state index contributed by atoms with van der Waals surface area (Å²) in [4.78, 5) is 24.0. The molecule has 1 amide bonds. The molecule has 0 spiro atoms. The van der Waals surface area contributed by atoms with Gasteiger partial charge in [-0.3, -0.25) is 4.79 Å². The lowest BCUT2D eigenvalue weighted by atomic mass is 10.2. The Labute approximate surface area is 150 Å². The minimum Gasteiger partial charge on any atom is -0.451 e. The van der Waals surface area contributed by atoms with Crippen molar-refractivity contribution in [3.8, 4) is 0 Å². The largest absolute Gasteiger partial charge is 0.451 e. The van der Waals surface area contributed by atoms with Crippen LogP contribution in [0.1, 0.15) is 9.67 Å². The van der Waals surface area contributed by atoms with Crippen molar-refractivity contribution in [2.45, 2.75) is 0 Å². The first-order valence-corrected chi connectivity index (χ1v) is 8.25. The van der Waals surface area contributed by atoms with Crippen molar-refractivity contribution in [1.82, 2.24) is 0 Å². The topological polar surface area (TPSA) is 55.4 Å². The van der Waals surface area contributed by atoms with Crippen molar-refractivity contribution in [1.29, 1.82) is 0 Å². The number of thiophene rings is 1. The normalized spacial score (nSPS) is 10.7. The summed E-state index contributed by atoms with van der Waals surface area (Å²) in [5.41, 5.74) is -0.594. The predicted octanol–water partition coefficient (Wildman–Crippen LogP) is 4.63. The Kier molecular flexibility index (Phi) is 4.96. The number of carbonyl (C=O) groups is 2. The number of hydrogen-bond donors (Lipinski definition) is 1.